The lowest BCUT2D eigenvalue weighted by molar-refractivity contribution is -0.140. The number of hydrogen-bond acceptors (Lipinski definition) is 7. The molecule has 2 atom stereocenters. The SMILES string of the molecule is CCOc1ccc(-c2noc(CN3C(=O)N(CCc4ccccc4)C(=O)C4CCCCC43)n2)cc1OC. The van der Waals surface area contributed by atoms with Crippen molar-refractivity contribution in [1.29, 1.82) is 0 Å². The van der Waals surface area contributed by atoms with Gasteiger partial charge in [0.1, 0.15) is 6.54 Å². The van der Waals surface area contributed by atoms with Gasteiger partial charge in [0.25, 0.3) is 0 Å². The molecule has 3 amide bonds. The Morgan fingerprint density at radius 2 is 1.86 bits per heavy atom. The van der Waals surface area contributed by atoms with Crippen LogP contribution in [-0.2, 0) is 17.8 Å². The number of methoxy groups -OCH3 is 1. The summed E-state index contributed by atoms with van der Waals surface area (Å²) in [5.74, 6) is 1.69. The van der Waals surface area contributed by atoms with E-state index in [4.69, 9.17) is 14.0 Å². The Labute approximate surface area is 216 Å². The number of fused-ring (bicyclic) bond motifs is 1. The standard InChI is InChI=1S/C28H32N4O5/c1-3-36-23-14-13-20(17-24(23)35-2)26-29-25(37-30-26)18-32-22-12-8-7-11-21(22)27(33)31(28(32)34)16-15-19-9-5-4-6-10-19/h4-6,9-10,13-14,17,21-22H,3,7-8,11-12,15-16,18H2,1-2H3. The molecule has 0 N–H and O–H groups in total. The molecular weight excluding hydrogens is 472 g/mol. The molecule has 2 unspecified atom stereocenters. The molecule has 194 valence electrons. The van der Waals surface area contributed by atoms with Gasteiger partial charge in [0.15, 0.2) is 11.5 Å². The average molecular weight is 505 g/mol. The maximum atomic E-state index is 13.6. The molecule has 1 saturated heterocycles. The molecule has 0 spiro atoms. The molecule has 2 heterocycles. The Morgan fingerprint density at radius 3 is 2.65 bits per heavy atom. The summed E-state index contributed by atoms with van der Waals surface area (Å²) in [6, 6.07) is 14.9. The van der Waals surface area contributed by atoms with Gasteiger partial charge in [0.2, 0.25) is 17.6 Å². The first-order valence-corrected chi connectivity index (χ1v) is 12.9. The fourth-order valence-electron chi connectivity index (χ4n) is 5.30. The van der Waals surface area contributed by atoms with E-state index in [0.29, 0.717) is 42.8 Å². The number of ether oxygens (including phenoxy) is 2. The first-order chi connectivity index (χ1) is 18.1. The Balaban J connectivity index is 1.35. The first-order valence-electron chi connectivity index (χ1n) is 12.9. The van der Waals surface area contributed by atoms with Crippen LogP contribution in [0.3, 0.4) is 0 Å². The Kier molecular flexibility index (Phi) is 7.39. The van der Waals surface area contributed by atoms with Gasteiger partial charge in [-0.15, -0.1) is 0 Å². The Morgan fingerprint density at radius 1 is 1.05 bits per heavy atom. The monoisotopic (exact) mass is 504 g/mol. The summed E-state index contributed by atoms with van der Waals surface area (Å²) < 4.78 is 16.6. The van der Waals surface area contributed by atoms with E-state index in [0.717, 1.165) is 36.8 Å². The van der Waals surface area contributed by atoms with Crippen LogP contribution in [-0.4, -0.2) is 58.2 Å². The average Bonchev–Trinajstić information content (AvgIpc) is 3.40. The van der Waals surface area contributed by atoms with Crippen LogP contribution in [0.15, 0.2) is 53.1 Å². The van der Waals surface area contributed by atoms with Gasteiger partial charge in [0.05, 0.1) is 19.6 Å². The van der Waals surface area contributed by atoms with Gasteiger partial charge in [-0.1, -0.05) is 48.3 Å². The highest BCUT2D eigenvalue weighted by Gasteiger charge is 2.47. The smallest absolute Gasteiger partial charge is 0.327 e. The zero-order chi connectivity index (χ0) is 25.8. The second kappa shape index (κ2) is 11.0. The predicted octanol–water partition coefficient (Wildman–Crippen LogP) is 4.71. The lowest BCUT2D eigenvalue weighted by Crippen LogP contribution is -2.62. The fourth-order valence-corrected chi connectivity index (χ4v) is 5.30. The molecule has 2 fully saturated rings. The van der Waals surface area contributed by atoms with Gasteiger partial charge in [-0.3, -0.25) is 9.69 Å². The fraction of sp³-hybridized carbons (Fsp3) is 0.429. The topological polar surface area (TPSA) is 98.0 Å². The molecule has 5 rings (SSSR count). The van der Waals surface area contributed by atoms with Crippen LogP contribution < -0.4 is 9.47 Å². The van der Waals surface area contributed by atoms with Crippen molar-refractivity contribution in [2.24, 2.45) is 5.92 Å². The summed E-state index contributed by atoms with van der Waals surface area (Å²) >= 11 is 0. The van der Waals surface area contributed by atoms with Crippen molar-refractivity contribution in [3.8, 4) is 22.9 Å². The second-order valence-corrected chi connectivity index (χ2v) is 9.40. The van der Waals surface area contributed by atoms with E-state index in [2.05, 4.69) is 10.1 Å². The molecule has 1 aliphatic heterocycles. The third kappa shape index (κ3) is 5.16. The Hall–Kier alpha value is -3.88. The third-order valence-electron chi connectivity index (χ3n) is 7.15. The highest BCUT2D eigenvalue weighted by atomic mass is 16.5. The number of urea groups is 1. The molecule has 3 aromatic rings. The largest absolute Gasteiger partial charge is 0.493 e. The second-order valence-electron chi connectivity index (χ2n) is 9.40. The molecule has 0 radical (unpaired) electrons. The third-order valence-corrected chi connectivity index (χ3v) is 7.15. The van der Waals surface area contributed by atoms with Crippen molar-refractivity contribution >= 4 is 11.9 Å². The van der Waals surface area contributed by atoms with Crippen molar-refractivity contribution in [2.45, 2.75) is 51.6 Å². The van der Waals surface area contributed by atoms with Gasteiger partial charge in [-0.2, -0.15) is 4.98 Å². The van der Waals surface area contributed by atoms with Gasteiger partial charge in [0, 0.05) is 18.2 Å². The molecule has 1 saturated carbocycles. The quantitative estimate of drug-likeness (QED) is 0.416. The lowest BCUT2D eigenvalue weighted by atomic mass is 9.81. The van der Waals surface area contributed by atoms with E-state index in [-0.39, 0.29) is 30.4 Å². The van der Waals surface area contributed by atoms with Gasteiger partial charge < -0.3 is 18.9 Å². The number of hydrogen-bond donors (Lipinski definition) is 0. The van der Waals surface area contributed by atoms with Gasteiger partial charge >= 0.3 is 6.03 Å². The molecule has 0 bridgehead atoms. The molecule has 9 nitrogen and oxygen atoms in total. The minimum Gasteiger partial charge on any atom is -0.493 e. The molecule has 2 aromatic carbocycles. The summed E-state index contributed by atoms with van der Waals surface area (Å²) in [6.07, 6.45) is 4.19. The Bertz CT molecular complexity index is 1240. The van der Waals surface area contributed by atoms with Crippen LogP contribution in [0.5, 0.6) is 11.5 Å². The molecule has 37 heavy (non-hydrogen) atoms. The van der Waals surface area contributed by atoms with Crippen LogP contribution in [0.25, 0.3) is 11.4 Å². The van der Waals surface area contributed by atoms with Crippen molar-refractivity contribution < 1.29 is 23.6 Å². The number of nitrogens with zero attached hydrogens (tertiary/aromatic N) is 4. The first kappa shape index (κ1) is 24.8. The van der Waals surface area contributed by atoms with Crippen LogP contribution in [0.2, 0.25) is 0 Å². The number of carbonyl (C=O) groups excluding carboxylic acids is 2. The van der Waals surface area contributed by atoms with E-state index in [1.54, 1.807) is 18.1 Å². The normalized spacial score (nSPS) is 19.6. The van der Waals surface area contributed by atoms with Crippen LogP contribution in [0.1, 0.15) is 44.1 Å². The zero-order valence-electron chi connectivity index (χ0n) is 21.3. The van der Waals surface area contributed by atoms with Gasteiger partial charge in [-0.05, 0) is 49.9 Å². The number of aromatic nitrogens is 2. The van der Waals surface area contributed by atoms with Crippen LogP contribution >= 0.6 is 0 Å². The lowest BCUT2D eigenvalue weighted by Gasteiger charge is -2.46. The number of amides is 3. The summed E-state index contributed by atoms with van der Waals surface area (Å²) in [5.41, 5.74) is 1.81. The van der Waals surface area contributed by atoms with E-state index in [9.17, 15) is 9.59 Å². The van der Waals surface area contributed by atoms with E-state index in [1.165, 1.54) is 4.90 Å². The van der Waals surface area contributed by atoms with Crippen molar-refractivity contribution in [3.05, 3.63) is 60.0 Å². The van der Waals surface area contributed by atoms with Crippen molar-refractivity contribution in [1.82, 2.24) is 19.9 Å². The highest BCUT2D eigenvalue weighted by molar-refractivity contribution is 5.98. The summed E-state index contributed by atoms with van der Waals surface area (Å²) in [7, 11) is 1.58. The predicted molar refractivity (Wildman–Crippen MR) is 136 cm³/mol. The summed E-state index contributed by atoms with van der Waals surface area (Å²) in [4.78, 5) is 34.6. The maximum absolute atomic E-state index is 13.6. The highest BCUT2D eigenvalue weighted by Crippen LogP contribution is 2.36. The van der Waals surface area contributed by atoms with Crippen molar-refractivity contribution in [2.75, 3.05) is 20.3 Å². The molecule has 2 aliphatic rings. The summed E-state index contributed by atoms with van der Waals surface area (Å²) in [6.45, 7) is 2.95. The van der Waals surface area contributed by atoms with Crippen molar-refractivity contribution in [3.63, 3.8) is 0 Å². The molecular formula is C28H32N4O5. The van der Waals surface area contributed by atoms with E-state index in [1.807, 2.05) is 49.4 Å². The minimum atomic E-state index is -0.286. The number of imide groups is 1. The number of benzene rings is 2. The van der Waals surface area contributed by atoms with Crippen LogP contribution in [0.4, 0.5) is 4.79 Å². The van der Waals surface area contributed by atoms with E-state index >= 15 is 0 Å². The van der Waals surface area contributed by atoms with E-state index < -0.39 is 0 Å². The number of rotatable bonds is 9. The van der Waals surface area contributed by atoms with Gasteiger partial charge in [-0.25, -0.2) is 4.79 Å². The molecule has 9 heteroatoms. The maximum Gasteiger partial charge on any atom is 0.327 e. The number of carbonyl (C=O) groups is 2. The summed E-state index contributed by atoms with van der Waals surface area (Å²) in [5, 5.41) is 4.14. The van der Waals surface area contributed by atoms with Crippen LogP contribution in [0, 0.1) is 5.92 Å². The molecule has 1 aromatic heterocycles. The molecule has 1 aliphatic carbocycles. The minimum absolute atomic E-state index is 0.0606. The zero-order valence-corrected chi connectivity index (χ0v) is 21.3.